The number of aromatic nitrogens is 2. The summed E-state index contributed by atoms with van der Waals surface area (Å²) in [5, 5.41) is -0.446. The van der Waals surface area contributed by atoms with Crippen molar-refractivity contribution >= 4 is 27.4 Å². The van der Waals surface area contributed by atoms with Crippen LogP contribution in [-0.4, -0.2) is 25.5 Å². The minimum Gasteiger partial charge on any atom is -0.497 e. The van der Waals surface area contributed by atoms with E-state index in [1.165, 1.54) is 19.2 Å². The van der Waals surface area contributed by atoms with Crippen LogP contribution in [-0.2, 0) is 16.6 Å². The Bertz CT molecular complexity index is 1160. The average molecular weight is 440 g/mol. The Kier molecular flexibility index (Phi) is 5.99. The second kappa shape index (κ2) is 8.30. The third-order valence-electron chi connectivity index (χ3n) is 4.18. The van der Waals surface area contributed by atoms with Crippen LogP contribution in [0.25, 0.3) is 0 Å². The molecule has 152 valence electrons. The number of pyridine rings is 2. The minimum absolute atomic E-state index is 0.138. The lowest BCUT2D eigenvalue weighted by Crippen LogP contribution is -2.32. The Balaban J connectivity index is 2.11. The van der Waals surface area contributed by atoms with E-state index < -0.39 is 26.9 Å². The lowest BCUT2D eigenvalue weighted by molar-refractivity contribution is 0.414. The molecule has 0 saturated carbocycles. The van der Waals surface area contributed by atoms with Crippen molar-refractivity contribution in [1.29, 1.82) is 0 Å². The lowest BCUT2D eigenvalue weighted by atomic mass is 10.1. The maximum absolute atomic E-state index is 13.7. The molecule has 0 spiro atoms. The third-order valence-corrected chi connectivity index (χ3v) is 6.16. The quantitative estimate of drug-likeness (QED) is 0.540. The molecule has 10 heteroatoms. The second-order valence-corrected chi connectivity index (χ2v) is 8.34. The van der Waals surface area contributed by atoms with E-state index in [0.29, 0.717) is 11.3 Å². The zero-order valence-corrected chi connectivity index (χ0v) is 17.0. The van der Waals surface area contributed by atoms with Crippen molar-refractivity contribution in [2.75, 3.05) is 11.4 Å². The predicted molar refractivity (Wildman–Crippen MR) is 104 cm³/mol. The summed E-state index contributed by atoms with van der Waals surface area (Å²) in [4.78, 5) is 6.72. The number of sulfonamides is 1. The fourth-order valence-electron chi connectivity index (χ4n) is 2.63. The fourth-order valence-corrected chi connectivity index (χ4v) is 4.22. The molecule has 0 unspecified atom stereocenters. The van der Waals surface area contributed by atoms with Gasteiger partial charge in [0.05, 0.1) is 24.9 Å². The minimum atomic E-state index is -4.28. The molecule has 0 aliphatic rings. The van der Waals surface area contributed by atoms with E-state index in [1.807, 2.05) is 0 Å². The Labute approximate surface area is 171 Å². The summed E-state index contributed by atoms with van der Waals surface area (Å²) in [7, 11) is -2.76. The van der Waals surface area contributed by atoms with Crippen LogP contribution in [0, 0.1) is 18.8 Å². The van der Waals surface area contributed by atoms with Crippen LogP contribution in [0.2, 0.25) is 5.02 Å². The number of rotatable bonds is 6. The largest absolute Gasteiger partial charge is 0.497 e. The van der Waals surface area contributed by atoms with E-state index in [1.54, 1.807) is 25.1 Å². The molecular formula is C19H16ClF2N3O3S. The highest BCUT2D eigenvalue weighted by Gasteiger charge is 2.28. The summed E-state index contributed by atoms with van der Waals surface area (Å²) in [6.45, 7) is 1.64. The molecule has 3 aromatic rings. The van der Waals surface area contributed by atoms with E-state index in [2.05, 4.69) is 9.97 Å². The number of hydrogen-bond donors (Lipinski definition) is 0. The maximum atomic E-state index is 13.7. The van der Waals surface area contributed by atoms with Gasteiger partial charge in [0.25, 0.3) is 10.0 Å². The first-order valence-corrected chi connectivity index (χ1v) is 10.1. The molecule has 1 aromatic carbocycles. The van der Waals surface area contributed by atoms with Crippen LogP contribution in [0.1, 0.15) is 11.1 Å². The molecule has 2 heterocycles. The Hall–Kier alpha value is -2.78. The molecule has 0 fully saturated rings. The highest BCUT2D eigenvalue weighted by Crippen LogP contribution is 2.28. The maximum Gasteiger partial charge on any atom is 0.267 e. The Morgan fingerprint density at radius 1 is 1.17 bits per heavy atom. The monoisotopic (exact) mass is 439 g/mol. The van der Waals surface area contributed by atoms with Crippen molar-refractivity contribution in [1.82, 2.24) is 9.97 Å². The number of ether oxygens (including phenoxy) is 1. The first-order valence-electron chi connectivity index (χ1n) is 8.32. The summed E-state index contributed by atoms with van der Waals surface area (Å²) in [5.41, 5.74) is 1.40. The number of hydrogen-bond acceptors (Lipinski definition) is 5. The molecule has 0 N–H and O–H groups in total. The summed E-state index contributed by atoms with van der Waals surface area (Å²) in [6.07, 6.45) is 0.851. The van der Waals surface area contributed by atoms with Crippen LogP contribution in [0.5, 0.6) is 5.75 Å². The molecule has 3 rings (SSSR count). The van der Waals surface area contributed by atoms with Gasteiger partial charge in [-0.05, 0) is 48.4 Å². The molecule has 0 atom stereocenters. The fraction of sp³-hybridized carbons (Fsp3) is 0.158. The summed E-state index contributed by atoms with van der Waals surface area (Å²) >= 11 is 5.70. The molecule has 2 aromatic heterocycles. The number of benzene rings is 1. The van der Waals surface area contributed by atoms with Crippen molar-refractivity contribution in [3.63, 3.8) is 0 Å². The van der Waals surface area contributed by atoms with Gasteiger partial charge in [0.1, 0.15) is 16.5 Å². The van der Waals surface area contributed by atoms with E-state index in [0.717, 1.165) is 28.2 Å². The average Bonchev–Trinajstić information content (AvgIpc) is 2.68. The van der Waals surface area contributed by atoms with Crippen LogP contribution in [0.3, 0.4) is 0 Å². The van der Waals surface area contributed by atoms with Gasteiger partial charge in [-0.3, -0.25) is 0 Å². The Morgan fingerprint density at radius 3 is 2.55 bits per heavy atom. The molecular weight excluding hydrogens is 424 g/mol. The van der Waals surface area contributed by atoms with Crippen molar-refractivity contribution in [2.45, 2.75) is 18.4 Å². The summed E-state index contributed by atoms with van der Waals surface area (Å²) < 4.78 is 59.7. The van der Waals surface area contributed by atoms with Crippen molar-refractivity contribution in [3.05, 3.63) is 76.7 Å². The standard InChI is InChI=1S/C19H16ClF2N3O3S/c1-12-8-14(28-2)7-6-13(12)11-25(18-5-3-4-17(21)24-18)29(26,27)15-9-16(20)19(22)23-10-15/h3-10H,11H2,1-2H3. The van der Waals surface area contributed by atoms with Crippen molar-refractivity contribution in [2.24, 2.45) is 0 Å². The van der Waals surface area contributed by atoms with Gasteiger partial charge in [-0.25, -0.2) is 22.7 Å². The summed E-state index contributed by atoms with van der Waals surface area (Å²) in [5.74, 6) is -1.36. The molecule has 0 saturated heterocycles. The zero-order valence-electron chi connectivity index (χ0n) is 15.4. The zero-order chi connectivity index (χ0) is 21.2. The number of methoxy groups -OCH3 is 1. The van der Waals surface area contributed by atoms with Crippen molar-refractivity contribution < 1.29 is 21.9 Å². The predicted octanol–water partition coefficient (Wildman–Crippen LogP) is 4.12. The SMILES string of the molecule is COc1ccc(CN(c2cccc(F)n2)S(=O)(=O)c2cnc(F)c(Cl)c2)c(C)c1. The van der Waals surface area contributed by atoms with E-state index in [-0.39, 0.29) is 17.3 Å². The lowest BCUT2D eigenvalue weighted by Gasteiger charge is -2.24. The molecule has 0 amide bonds. The van der Waals surface area contributed by atoms with Crippen LogP contribution >= 0.6 is 11.6 Å². The van der Waals surface area contributed by atoms with E-state index in [4.69, 9.17) is 16.3 Å². The van der Waals surface area contributed by atoms with Crippen LogP contribution in [0.4, 0.5) is 14.6 Å². The molecule has 0 aliphatic heterocycles. The second-order valence-electron chi connectivity index (χ2n) is 6.07. The van der Waals surface area contributed by atoms with Crippen LogP contribution in [0.15, 0.2) is 53.6 Å². The van der Waals surface area contributed by atoms with E-state index >= 15 is 0 Å². The first kappa shape index (κ1) is 20.9. The number of aryl methyl sites for hydroxylation is 1. The number of halogens is 3. The van der Waals surface area contributed by atoms with Crippen molar-refractivity contribution in [3.8, 4) is 5.75 Å². The molecule has 6 nitrogen and oxygen atoms in total. The molecule has 0 bridgehead atoms. The molecule has 0 radical (unpaired) electrons. The number of nitrogens with zero attached hydrogens (tertiary/aromatic N) is 3. The number of anilines is 1. The molecule has 0 aliphatic carbocycles. The van der Waals surface area contributed by atoms with Gasteiger partial charge in [0, 0.05) is 0 Å². The van der Waals surface area contributed by atoms with Gasteiger partial charge in [0.15, 0.2) is 0 Å². The van der Waals surface area contributed by atoms with Gasteiger partial charge in [-0.1, -0.05) is 23.7 Å². The third kappa shape index (κ3) is 4.46. The normalized spacial score (nSPS) is 11.3. The first-order chi connectivity index (χ1) is 13.7. The topological polar surface area (TPSA) is 72.4 Å². The highest BCUT2D eigenvalue weighted by atomic mass is 35.5. The smallest absolute Gasteiger partial charge is 0.267 e. The Morgan fingerprint density at radius 2 is 1.93 bits per heavy atom. The van der Waals surface area contributed by atoms with Gasteiger partial charge < -0.3 is 4.74 Å². The highest BCUT2D eigenvalue weighted by molar-refractivity contribution is 7.92. The van der Waals surface area contributed by atoms with Gasteiger partial charge >= 0.3 is 0 Å². The molecule has 29 heavy (non-hydrogen) atoms. The van der Waals surface area contributed by atoms with Gasteiger partial charge in [0.2, 0.25) is 11.9 Å². The summed E-state index contributed by atoms with van der Waals surface area (Å²) in [6, 6.07) is 9.88. The van der Waals surface area contributed by atoms with E-state index in [9.17, 15) is 17.2 Å². The van der Waals surface area contributed by atoms with Crippen LogP contribution < -0.4 is 9.04 Å². The van der Waals surface area contributed by atoms with Gasteiger partial charge in [-0.2, -0.15) is 8.78 Å². The van der Waals surface area contributed by atoms with Gasteiger partial charge in [-0.15, -0.1) is 0 Å².